The van der Waals surface area contributed by atoms with E-state index in [1.165, 1.54) is 11.4 Å². The first kappa shape index (κ1) is 20.6. The van der Waals surface area contributed by atoms with E-state index in [0.29, 0.717) is 19.6 Å². The number of carbonyl (C=O) groups excluding carboxylic acids is 1. The minimum absolute atomic E-state index is 0.0514. The molecule has 2 aromatic heterocycles. The molecule has 0 unspecified atom stereocenters. The van der Waals surface area contributed by atoms with Crippen LogP contribution in [-0.2, 0) is 11.3 Å². The summed E-state index contributed by atoms with van der Waals surface area (Å²) in [5.74, 6) is 0.915. The van der Waals surface area contributed by atoms with Crippen molar-refractivity contribution in [2.45, 2.75) is 13.0 Å². The van der Waals surface area contributed by atoms with E-state index in [1.54, 1.807) is 6.20 Å². The van der Waals surface area contributed by atoms with Crippen LogP contribution >= 0.6 is 0 Å². The fraction of sp³-hybridized carbons (Fsp3) is 0.360. The molecule has 0 radical (unpaired) electrons. The molecule has 1 fully saturated rings. The number of benzene rings is 1. The predicted octanol–water partition coefficient (Wildman–Crippen LogP) is 2.52. The first-order valence-corrected chi connectivity index (χ1v) is 11.4. The molecule has 4 heterocycles. The Labute approximate surface area is 189 Å². The van der Waals surface area contributed by atoms with E-state index in [0.717, 1.165) is 50.6 Å². The van der Waals surface area contributed by atoms with E-state index in [2.05, 4.69) is 66.0 Å². The normalized spacial score (nSPS) is 15.9. The molecule has 0 aliphatic carbocycles. The molecular weight excluding hydrogens is 400 g/mol. The van der Waals surface area contributed by atoms with E-state index in [-0.39, 0.29) is 5.91 Å². The molecule has 7 nitrogen and oxygen atoms in total. The van der Waals surface area contributed by atoms with Gasteiger partial charge in [-0.3, -0.25) is 9.69 Å². The van der Waals surface area contributed by atoms with Gasteiger partial charge in [-0.2, -0.15) is 0 Å². The number of pyridine rings is 1. The van der Waals surface area contributed by atoms with Crippen LogP contribution in [0.25, 0.3) is 5.69 Å². The fourth-order valence-corrected chi connectivity index (χ4v) is 4.63. The van der Waals surface area contributed by atoms with Gasteiger partial charge in [0.15, 0.2) is 5.82 Å². The lowest BCUT2D eigenvalue weighted by atomic mass is 10.2. The Hall–Kier alpha value is -3.32. The maximum absolute atomic E-state index is 12.6. The maximum atomic E-state index is 12.6. The minimum atomic E-state index is 0.0514. The van der Waals surface area contributed by atoms with E-state index in [4.69, 9.17) is 0 Å². The molecule has 1 N–H and O–H groups in total. The quantitative estimate of drug-likeness (QED) is 0.584. The van der Waals surface area contributed by atoms with Gasteiger partial charge in [-0.25, -0.2) is 4.98 Å². The zero-order valence-electron chi connectivity index (χ0n) is 18.4. The zero-order chi connectivity index (χ0) is 21.8. The smallest absolute Gasteiger partial charge is 0.239 e. The summed E-state index contributed by atoms with van der Waals surface area (Å²) in [6.07, 6.45) is 4.80. The molecule has 166 valence electrons. The number of aromatic nitrogens is 2. The number of rotatable bonds is 7. The summed E-state index contributed by atoms with van der Waals surface area (Å²) in [4.78, 5) is 24.1. The number of para-hydroxylation sites is 1. The minimum Gasteiger partial charge on any atom is -0.369 e. The third kappa shape index (κ3) is 4.48. The van der Waals surface area contributed by atoms with E-state index >= 15 is 0 Å². The molecule has 5 rings (SSSR count). The van der Waals surface area contributed by atoms with Crippen molar-refractivity contribution in [3.63, 3.8) is 0 Å². The lowest BCUT2D eigenvalue weighted by molar-refractivity contribution is -0.119. The summed E-state index contributed by atoms with van der Waals surface area (Å²) in [5.41, 5.74) is 3.51. The molecule has 1 aromatic carbocycles. The van der Waals surface area contributed by atoms with Gasteiger partial charge in [-0.1, -0.05) is 18.2 Å². The summed E-state index contributed by atoms with van der Waals surface area (Å²) in [5, 5.41) is 3.10. The van der Waals surface area contributed by atoms with Crippen molar-refractivity contribution in [2.24, 2.45) is 0 Å². The van der Waals surface area contributed by atoms with Gasteiger partial charge in [-0.15, -0.1) is 0 Å². The summed E-state index contributed by atoms with van der Waals surface area (Å²) < 4.78 is 2.15. The van der Waals surface area contributed by atoms with Crippen LogP contribution in [-0.4, -0.2) is 66.2 Å². The van der Waals surface area contributed by atoms with Crippen LogP contribution in [0.2, 0.25) is 0 Å². The van der Waals surface area contributed by atoms with Crippen LogP contribution in [0.15, 0.2) is 67.0 Å². The van der Waals surface area contributed by atoms with Crippen LogP contribution in [0.4, 0.5) is 11.5 Å². The number of anilines is 2. The molecule has 2 aliphatic heterocycles. The van der Waals surface area contributed by atoms with Crippen molar-refractivity contribution in [2.75, 3.05) is 55.6 Å². The van der Waals surface area contributed by atoms with Gasteiger partial charge >= 0.3 is 0 Å². The summed E-state index contributed by atoms with van der Waals surface area (Å²) in [6.45, 7) is 6.99. The zero-order valence-corrected chi connectivity index (χ0v) is 18.4. The molecule has 1 saturated heterocycles. The van der Waals surface area contributed by atoms with Crippen molar-refractivity contribution in [1.82, 2.24) is 19.8 Å². The second-order valence-corrected chi connectivity index (χ2v) is 8.44. The van der Waals surface area contributed by atoms with Crippen molar-refractivity contribution >= 4 is 17.4 Å². The van der Waals surface area contributed by atoms with Crippen molar-refractivity contribution in [3.05, 3.63) is 72.7 Å². The number of fused-ring (bicyclic) bond motifs is 3. The Balaban J connectivity index is 1.05. The molecule has 0 saturated carbocycles. The van der Waals surface area contributed by atoms with Crippen molar-refractivity contribution in [3.8, 4) is 5.69 Å². The SMILES string of the molecule is O=C(CN1Cc2cccn2-c2cccnc21)NCCCN1CCN(c2ccccc2)CC1. The standard InChI is InChI=1S/C25H30N6O/c32-24(20-30-19-22-9-5-14-31(22)23-10-4-11-27-25(23)30)26-12-6-13-28-15-17-29(18-16-28)21-7-2-1-3-8-21/h1-5,7-11,14H,6,12-13,15-20H2,(H,26,32). The molecule has 2 aliphatic rings. The summed E-state index contributed by atoms with van der Waals surface area (Å²) in [6, 6.07) is 18.7. The van der Waals surface area contributed by atoms with E-state index in [1.807, 2.05) is 24.4 Å². The Morgan fingerprint density at radius 2 is 1.81 bits per heavy atom. The number of carbonyl (C=O) groups is 1. The van der Waals surface area contributed by atoms with Gasteiger partial charge < -0.3 is 19.7 Å². The lowest BCUT2D eigenvalue weighted by Gasteiger charge is -2.36. The van der Waals surface area contributed by atoms with Crippen LogP contribution in [0.1, 0.15) is 12.1 Å². The number of amides is 1. The molecule has 3 aromatic rings. The van der Waals surface area contributed by atoms with Crippen molar-refractivity contribution < 1.29 is 4.79 Å². The highest BCUT2D eigenvalue weighted by Gasteiger charge is 2.24. The summed E-state index contributed by atoms with van der Waals surface area (Å²) in [7, 11) is 0. The Morgan fingerprint density at radius 1 is 0.969 bits per heavy atom. The first-order valence-electron chi connectivity index (χ1n) is 11.4. The second kappa shape index (κ2) is 9.44. The van der Waals surface area contributed by atoms with Crippen LogP contribution < -0.4 is 15.1 Å². The number of hydrogen-bond acceptors (Lipinski definition) is 5. The second-order valence-electron chi connectivity index (χ2n) is 8.44. The molecule has 1 amide bonds. The van der Waals surface area contributed by atoms with Gasteiger partial charge in [0, 0.05) is 56.5 Å². The molecular formula is C25H30N6O. The number of nitrogens with one attached hydrogen (secondary N) is 1. The third-order valence-corrected chi connectivity index (χ3v) is 6.31. The Kier molecular flexibility index (Phi) is 6.07. The average molecular weight is 431 g/mol. The average Bonchev–Trinajstić information content (AvgIpc) is 3.32. The van der Waals surface area contributed by atoms with Crippen molar-refractivity contribution in [1.29, 1.82) is 0 Å². The van der Waals surface area contributed by atoms with Gasteiger partial charge in [0.05, 0.1) is 18.8 Å². The van der Waals surface area contributed by atoms with Gasteiger partial charge in [0.25, 0.3) is 0 Å². The largest absolute Gasteiger partial charge is 0.369 e. The third-order valence-electron chi connectivity index (χ3n) is 6.31. The number of hydrogen-bond donors (Lipinski definition) is 1. The number of nitrogens with zero attached hydrogens (tertiary/aromatic N) is 5. The number of piperazine rings is 1. The Bertz CT molecular complexity index is 1040. The molecule has 0 bridgehead atoms. The van der Waals surface area contributed by atoms with Gasteiger partial charge in [-0.05, 0) is 49.4 Å². The highest BCUT2D eigenvalue weighted by Crippen LogP contribution is 2.29. The highest BCUT2D eigenvalue weighted by atomic mass is 16.2. The van der Waals surface area contributed by atoms with Gasteiger partial charge in [0.1, 0.15) is 0 Å². The predicted molar refractivity (Wildman–Crippen MR) is 127 cm³/mol. The van der Waals surface area contributed by atoms with Crippen LogP contribution in [0, 0.1) is 0 Å². The van der Waals surface area contributed by atoms with Gasteiger partial charge in [0.2, 0.25) is 5.91 Å². The molecule has 32 heavy (non-hydrogen) atoms. The fourth-order valence-electron chi connectivity index (χ4n) is 4.63. The summed E-state index contributed by atoms with van der Waals surface area (Å²) >= 11 is 0. The highest BCUT2D eigenvalue weighted by molar-refractivity contribution is 5.82. The van der Waals surface area contributed by atoms with E-state index < -0.39 is 0 Å². The lowest BCUT2D eigenvalue weighted by Crippen LogP contribution is -2.47. The first-order chi connectivity index (χ1) is 15.8. The molecule has 7 heteroatoms. The molecule has 0 spiro atoms. The monoisotopic (exact) mass is 430 g/mol. The molecule has 0 atom stereocenters. The van der Waals surface area contributed by atoms with Crippen LogP contribution in [0.3, 0.4) is 0 Å². The maximum Gasteiger partial charge on any atom is 0.239 e. The Morgan fingerprint density at radius 3 is 2.66 bits per heavy atom. The van der Waals surface area contributed by atoms with E-state index in [9.17, 15) is 4.79 Å². The van der Waals surface area contributed by atoms with Crippen LogP contribution in [0.5, 0.6) is 0 Å². The topological polar surface area (TPSA) is 56.6 Å².